The van der Waals surface area contributed by atoms with Crippen molar-refractivity contribution in [1.82, 2.24) is 0 Å². The van der Waals surface area contributed by atoms with E-state index in [0.29, 0.717) is 6.42 Å². The van der Waals surface area contributed by atoms with Gasteiger partial charge in [0.2, 0.25) is 0 Å². The maximum absolute atomic E-state index is 10.7. The van der Waals surface area contributed by atoms with E-state index < -0.39 is 18.0 Å². The molecule has 2 fully saturated rings. The van der Waals surface area contributed by atoms with Crippen LogP contribution in [0.15, 0.2) is 30.3 Å². The third kappa shape index (κ3) is 1.77. The van der Waals surface area contributed by atoms with Crippen molar-refractivity contribution in [2.24, 2.45) is 0 Å². The summed E-state index contributed by atoms with van der Waals surface area (Å²) in [6, 6.07) is 9.75. The van der Waals surface area contributed by atoms with Crippen LogP contribution in [-0.2, 0) is 15.9 Å². The molecule has 17 heavy (non-hydrogen) atoms. The number of rotatable bonds is 2. The summed E-state index contributed by atoms with van der Waals surface area (Å²) in [5, 5.41) is 20.2. The maximum Gasteiger partial charge on any atom is 0.184 e. The Morgan fingerprint density at radius 2 is 1.94 bits per heavy atom. The Morgan fingerprint density at radius 1 is 1.24 bits per heavy atom. The fraction of sp³-hybridized carbons (Fsp3) is 0.538. The fourth-order valence-corrected chi connectivity index (χ4v) is 2.55. The van der Waals surface area contributed by atoms with E-state index in [0.717, 1.165) is 5.56 Å². The van der Waals surface area contributed by atoms with Gasteiger partial charge in [-0.2, -0.15) is 0 Å². The Bertz CT molecular complexity index is 403. The van der Waals surface area contributed by atoms with Crippen LogP contribution in [-0.4, -0.2) is 40.4 Å². The van der Waals surface area contributed by atoms with E-state index in [9.17, 15) is 10.2 Å². The van der Waals surface area contributed by atoms with Gasteiger partial charge in [0.25, 0.3) is 0 Å². The van der Waals surface area contributed by atoms with Gasteiger partial charge in [-0.1, -0.05) is 30.3 Å². The highest BCUT2D eigenvalue weighted by Crippen LogP contribution is 2.44. The SMILES string of the molecule is C[C@H]1O[C@H](O)[C@H]2O[C@@H]2[C@]1(O)Cc1ccccc1. The molecule has 0 aromatic heterocycles. The smallest absolute Gasteiger partial charge is 0.184 e. The maximum atomic E-state index is 10.7. The molecule has 2 heterocycles. The zero-order valence-corrected chi connectivity index (χ0v) is 9.61. The van der Waals surface area contributed by atoms with Crippen molar-refractivity contribution < 1.29 is 19.7 Å². The Hall–Kier alpha value is -0.940. The summed E-state index contributed by atoms with van der Waals surface area (Å²) in [5.41, 5.74) is -0.0123. The van der Waals surface area contributed by atoms with Crippen LogP contribution in [0.3, 0.4) is 0 Å². The molecule has 5 atom stereocenters. The highest BCUT2D eigenvalue weighted by atomic mass is 16.7. The molecule has 0 bridgehead atoms. The van der Waals surface area contributed by atoms with Crippen LogP contribution in [0.5, 0.6) is 0 Å². The number of fused-ring (bicyclic) bond motifs is 1. The summed E-state index contributed by atoms with van der Waals surface area (Å²) in [4.78, 5) is 0. The standard InChI is InChI=1S/C13H16O4/c1-8-13(15,7-9-5-3-2-4-6-9)11-10(17-11)12(14)16-8/h2-6,8,10-12,14-15H,7H2,1H3/t8-,10+,11+,12+,13+/m1/s1. The molecule has 0 saturated carbocycles. The van der Waals surface area contributed by atoms with Gasteiger partial charge in [-0.15, -0.1) is 0 Å². The van der Waals surface area contributed by atoms with Gasteiger partial charge < -0.3 is 19.7 Å². The Labute approximate surface area is 99.8 Å². The van der Waals surface area contributed by atoms with E-state index >= 15 is 0 Å². The normalized spacial score (nSPS) is 44.2. The summed E-state index contributed by atoms with van der Waals surface area (Å²) < 4.78 is 10.6. The largest absolute Gasteiger partial charge is 0.384 e. The molecule has 0 amide bonds. The average Bonchev–Trinajstić information content (AvgIpc) is 3.09. The van der Waals surface area contributed by atoms with E-state index in [4.69, 9.17) is 9.47 Å². The molecule has 0 radical (unpaired) electrons. The predicted molar refractivity (Wildman–Crippen MR) is 60.3 cm³/mol. The van der Waals surface area contributed by atoms with Crippen molar-refractivity contribution in [2.45, 2.75) is 43.5 Å². The van der Waals surface area contributed by atoms with Crippen LogP contribution < -0.4 is 0 Å². The lowest BCUT2D eigenvalue weighted by molar-refractivity contribution is -0.212. The average molecular weight is 236 g/mol. The van der Waals surface area contributed by atoms with Gasteiger partial charge in [-0.25, -0.2) is 0 Å². The molecule has 2 N–H and O–H groups in total. The van der Waals surface area contributed by atoms with Crippen molar-refractivity contribution >= 4 is 0 Å². The lowest BCUT2D eigenvalue weighted by Gasteiger charge is -2.37. The van der Waals surface area contributed by atoms with Crippen molar-refractivity contribution in [3.63, 3.8) is 0 Å². The molecule has 1 aromatic rings. The van der Waals surface area contributed by atoms with Crippen LogP contribution in [0.4, 0.5) is 0 Å². The van der Waals surface area contributed by atoms with Crippen LogP contribution in [0, 0.1) is 0 Å². The summed E-state index contributed by atoms with van der Waals surface area (Å²) in [5.74, 6) is 0. The van der Waals surface area contributed by atoms with Crippen LogP contribution in [0.25, 0.3) is 0 Å². The molecule has 4 heteroatoms. The molecule has 4 nitrogen and oxygen atoms in total. The van der Waals surface area contributed by atoms with E-state index in [1.807, 2.05) is 30.3 Å². The van der Waals surface area contributed by atoms with E-state index in [1.54, 1.807) is 6.92 Å². The predicted octanol–water partition coefficient (Wildman–Crippen LogP) is 0.465. The summed E-state index contributed by atoms with van der Waals surface area (Å²) in [6.07, 6.45) is -1.57. The molecular weight excluding hydrogens is 220 g/mol. The first-order chi connectivity index (χ1) is 8.11. The van der Waals surface area contributed by atoms with Crippen molar-refractivity contribution in [1.29, 1.82) is 0 Å². The van der Waals surface area contributed by atoms with Gasteiger partial charge in [0.15, 0.2) is 6.29 Å². The second kappa shape index (κ2) is 3.78. The molecule has 1 aromatic carbocycles. The van der Waals surface area contributed by atoms with Gasteiger partial charge in [0, 0.05) is 6.42 Å². The summed E-state index contributed by atoms with van der Waals surface area (Å²) in [7, 11) is 0. The lowest BCUT2D eigenvalue weighted by Crippen LogP contribution is -2.55. The second-order valence-corrected chi connectivity index (χ2v) is 4.84. The first-order valence-corrected chi connectivity index (χ1v) is 5.86. The number of aliphatic hydroxyl groups excluding tert-OH is 1. The molecule has 0 unspecified atom stereocenters. The fourth-order valence-electron chi connectivity index (χ4n) is 2.55. The molecule has 2 aliphatic rings. The van der Waals surface area contributed by atoms with Crippen LogP contribution >= 0.6 is 0 Å². The minimum absolute atomic E-state index is 0.318. The van der Waals surface area contributed by atoms with Gasteiger partial charge in [-0.05, 0) is 12.5 Å². The highest BCUT2D eigenvalue weighted by molar-refractivity contribution is 5.21. The Balaban J connectivity index is 1.82. The number of aliphatic hydroxyl groups is 2. The Kier molecular flexibility index (Phi) is 2.48. The van der Waals surface area contributed by atoms with Crippen LogP contribution in [0.1, 0.15) is 12.5 Å². The molecule has 92 valence electrons. The molecular formula is C13H16O4. The molecule has 2 aliphatic heterocycles. The van der Waals surface area contributed by atoms with Crippen LogP contribution in [0.2, 0.25) is 0 Å². The van der Waals surface area contributed by atoms with Crippen molar-refractivity contribution in [3.05, 3.63) is 35.9 Å². The topological polar surface area (TPSA) is 62.2 Å². The zero-order chi connectivity index (χ0) is 12.0. The number of hydrogen-bond donors (Lipinski definition) is 2. The zero-order valence-electron chi connectivity index (χ0n) is 9.61. The van der Waals surface area contributed by atoms with E-state index in [2.05, 4.69) is 0 Å². The molecule has 2 saturated heterocycles. The van der Waals surface area contributed by atoms with E-state index in [-0.39, 0.29) is 12.2 Å². The first-order valence-electron chi connectivity index (χ1n) is 5.86. The van der Waals surface area contributed by atoms with Gasteiger partial charge in [-0.3, -0.25) is 0 Å². The first kappa shape index (κ1) is 11.2. The number of hydrogen-bond acceptors (Lipinski definition) is 4. The number of ether oxygens (including phenoxy) is 2. The van der Waals surface area contributed by atoms with Gasteiger partial charge in [0.05, 0.1) is 6.10 Å². The quantitative estimate of drug-likeness (QED) is 0.732. The molecule has 3 rings (SSSR count). The number of epoxide rings is 1. The monoisotopic (exact) mass is 236 g/mol. The summed E-state index contributed by atoms with van der Waals surface area (Å²) in [6.45, 7) is 1.77. The second-order valence-electron chi connectivity index (χ2n) is 4.84. The minimum atomic E-state index is -1.05. The number of benzene rings is 1. The third-order valence-electron chi connectivity index (χ3n) is 3.68. The Morgan fingerprint density at radius 3 is 2.65 bits per heavy atom. The highest BCUT2D eigenvalue weighted by Gasteiger charge is 2.64. The van der Waals surface area contributed by atoms with Crippen molar-refractivity contribution in [3.8, 4) is 0 Å². The third-order valence-corrected chi connectivity index (χ3v) is 3.68. The van der Waals surface area contributed by atoms with Gasteiger partial charge in [0.1, 0.15) is 17.8 Å². The van der Waals surface area contributed by atoms with E-state index in [1.165, 1.54) is 0 Å². The van der Waals surface area contributed by atoms with Crippen molar-refractivity contribution in [2.75, 3.05) is 0 Å². The molecule has 0 aliphatic carbocycles. The van der Waals surface area contributed by atoms with Gasteiger partial charge >= 0.3 is 0 Å². The minimum Gasteiger partial charge on any atom is -0.384 e. The summed E-state index contributed by atoms with van der Waals surface area (Å²) >= 11 is 0. The molecule has 0 spiro atoms. The lowest BCUT2D eigenvalue weighted by atomic mass is 9.83.